The maximum atomic E-state index is 12.4. The molecule has 7 heteroatoms. The highest BCUT2D eigenvalue weighted by Gasteiger charge is 2.42. The molecule has 0 aliphatic carbocycles. The molecule has 1 aromatic carbocycles. The van der Waals surface area contributed by atoms with Gasteiger partial charge in [-0.25, -0.2) is 13.1 Å². The van der Waals surface area contributed by atoms with Gasteiger partial charge in [-0.05, 0) is 43.9 Å². The van der Waals surface area contributed by atoms with Crippen molar-refractivity contribution >= 4 is 27.3 Å². The highest BCUT2D eigenvalue weighted by molar-refractivity contribution is 7.89. The van der Waals surface area contributed by atoms with E-state index in [1.165, 1.54) is 12.1 Å². The molecule has 2 fully saturated rings. The summed E-state index contributed by atoms with van der Waals surface area (Å²) in [6.07, 6.45) is 2.88. The van der Waals surface area contributed by atoms with Gasteiger partial charge < -0.3 is 10.5 Å². The molecule has 3 rings (SSSR count). The summed E-state index contributed by atoms with van der Waals surface area (Å²) in [5, 5.41) is 0.396. The SMILES string of the molecule is Cc1cc(S(=O)(=O)NC2CC3CCC2O3)cc(N)c1Cl. The number of rotatable bonds is 3. The summed E-state index contributed by atoms with van der Waals surface area (Å²) in [7, 11) is -3.60. The molecule has 3 N–H and O–H groups in total. The zero-order valence-electron chi connectivity index (χ0n) is 11.1. The number of anilines is 1. The minimum Gasteiger partial charge on any atom is -0.397 e. The molecule has 0 saturated carbocycles. The topological polar surface area (TPSA) is 81.4 Å². The molecule has 0 radical (unpaired) electrons. The molecule has 2 bridgehead atoms. The van der Waals surface area contributed by atoms with Crippen LogP contribution in [0.1, 0.15) is 24.8 Å². The van der Waals surface area contributed by atoms with Gasteiger partial charge in [0.25, 0.3) is 0 Å². The maximum Gasteiger partial charge on any atom is 0.240 e. The maximum absolute atomic E-state index is 12.4. The van der Waals surface area contributed by atoms with Crippen LogP contribution < -0.4 is 10.5 Å². The lowest BCUT2D eigenvalue weighted by Gasteiger charge is -2.20. The molecular formula is C13H17ClN2O3S. The fourth-order valence-corrected chi connectivity index (χ4v) is 4.45. The van der Waals surface area contributed by atoms with E-state index in [1.54, 1.807) is 6.92 Å². The third kappa shape index (κ3) is 2.41. The largest absolute Gasteiger partial charge is 0.397 e. The quantitative estimate of drug-likeness (QED) is 0.834. The zero-order valence-corrected chi connectivity index (χ0v) is 12.7. The van der Waals surface area contributed by atoms with Crippen LogP contribution in [0, 0.1) is 6.92 Å². The van der Waals surface area contributed by atoms with E-state index in [0.29, 0.717) is 10.6 Å². The molecule has 5 nitrogen and oxygen atoms in total. The van der Waals surface area contributed by atoms with Crippen molar-refractivity contribution in [1.82, 2.24) is 4.72 Å². The molecule has 2 heterocycles. The Hall–Kier alpha value is -0.820. The monoisotopic (exact) mass is 316 g/mol. The number of nitrogens with two attached hydrogens (primary N) is 1. The van der Waals surface area contributed by atoms with Crippen LogP contribution in [0.3, 0.4) is 0 Å². The molecular weight excluding hydrogens is 300 g/mol. The Morgan fingerprint density at radius 1 is 1.40 bits per heavy atom. The molecule has 1 aromatic rings. The summed E-state index contributed by atoms with van der Waals surface area (Å²) < 4.78 is 33.2. The molecule has 110 valence electrons. The van der Waals surface area contributed by atoms with Gasteiger partial charge >= 0.3 is 0 Å². The first kappa shape index (κ1) is 14.1. The van der Waals surface area contributed by atoms with Crippen LogP contribution in [0.15, 0.2) is 17.0 Å². The minimum atomic E-state index is -3.60. The van der Waals surface area contributed by atoms with E-state index in [1.807, 2.05) is 0 Å². The second-order valence-corrected chi connectivity index (χ2v) is 7.57. The standard InChI is InChI=1S/C13H17ClN2O3S/c1-7-4-9(6-10(15)13(7)14)20(17,18)16-11-5-8-2-3-12(11)19-8/h4,6,8,11-12,16H,2-3,5,15H2,1H3. The number of sulfonamides is 1. The average Bonchev–Trinajstić information content (AvgIpc) is 2.96. The molecule has 20 heavy (non-hydrogen) atoms. The fraction of sp³-hybridized carbons (Fsp3) is 0.538. The van der Waals surface area contributed by atoms with Crippen molar-refractivity contribution in [3.05, 3.63) is 22.7 Å². The number of aryl methyl sites for hydroxylation is 1. The van der Waals surface area contributed by atoms with Gasteiger partial charge in [-0.2, -0.15) is 0 Å². The van der Waals surface area contributed by atoms with Crippen molar-refractivity contribution in [2.45, 2.75) is 49.3 Å². The number of hydrogen-bond acceptors (Lipinski definition) is 4. The number of nitrogens with one attached hydrogen (secondary N) is 1. The Morgan fingerprint density at radius 2 is 2.15 bits per heavy atom. The van der Waals surface area contributed by atoms with Crippen molar-refractivity contribution in [3.63, 3.8) is 0 Å². The van der Waals surface area contributed by atoms with E-state index in [0.717, 1.165) is 19.3 Å². The lowest BCUT2D eigenvalue weighted by Crippen LogP contribution is -2.41. The highest BCUT2D eigenvalue weighted by atomic mass is 35.5. The van der Waals surface area contributed by atoms with Crippen LogP contribution in [0.2, 0.25) is 5.02 Å². The summed E-state index contributed by atoms with van der Waals surface area (Å²) in [6.45, 7) is 1.73. The van der Waals surface area contributed by atoms with Gasteiger partial charge in [-0.15, -0.1) is 0 Å². The number of fused-ring (bicyclic) bond motifs is 2. The third-order valence-electron chi connectivity index (χ3n) is 3.98. The van der Waals surface area contributed by atoms with Gasteiger partial charge in [-0.3, -0.25) is 0 Å². The van der Waals surface area contributed by atoms with Gasteiger partial charge in [-0.1, -0.05) is 11.6 Å². The van der Waals surface area contributed by atoms with E-state index < -0.39 is 10.0 Å². The molecule has 0 spiro atoms. The minimum absolute atomic E-state index is 0.000481. The van der Waals surface area contributed by atoms with Crippen molar-refractivity contribution in [1.29, 1.82) is 0 Å². The fourth-order valence-electron chi connectivity index (χ4n) is 2.95. The third-order valence-corrected chi connectivity index (χ3v) is 5.96. The van der Waals surface area contributed by atoms with Crippen LogP contribution in [-0.2, 0) is 14.8 Å². The van der Waals surface area contributed by atoms with E-state index in [9.17, 15) is 8.42 Å². The van der Waals surface area contributed by atoms with Gasteiger partial charge in [0.15, 0.2) is 0 Å². The first-order valence-corrected chi connectivity index (χ1v) is 8.46. The lowest BCUT2D eigenvalue weighted by molar-refractivity contribution is 0.0996. The second-order valence-electron chi connectivity index (χ2n) is 5.48. The Morgan fingerprint density at radius 3 is 2.70 bits per heavy atom. The summed E-state index contributed by atoms with van der Waals surface area (Å²) in [6, 6.07) is 2.79. The molecule has 2 saturated heterocycles. The van der Waals surface area contributed by atoms with Crippen LogP contribution in [0.5, 0.6) is 0 Å². The summed E-state index contributed by atoms with van der Waals surface area (Å²) in [4.78, 5) is 0.152. The predicted molar refractivity (Wildman–Crippen MR) is 77.2 cm³/mol. The van der Waals surface area contributed by atoms with E-state index >= 15 is 0 Å². The number of halogens is 1. The number of hydrogen-bond donors (Lipinski definition) is 2. The molecule has 2 aliphatic rings. The summed E-state index contributed by atoms with van der Waals surface area (Å²) in [5.41, 5.74) is 6.66. The second kappa shape index (κ2) is 4.87. The van der Waals surface area contributed by atoms with Crippen LogP contribution in [-0.4, -0.2) is 26.7 Å². The molecule has 3 unspecified atom stereocenters. The summed E-state index contributed by atoms with van der Waals surface area (Å²) >= 11 is 5.96. The molecule has 0 aromatic heterocycles. The Kier molecular flexibility index (Phi) is 3.44. The number of nitrogen functional groups attached to an aromatic ring is 1. The van der Waals surface area contributed by atoms with Crippen LogP contribution >= 0.6 is 11.6 Å². The van der Waals surface area contributed by atoms with Crippen LogP contribution in [0.4, 0.5) is 5.69 Å². The van der Waals surface area contributed by atoms with Gasteiger partial charge in [0, 0.05) is 0 Å². The zero-order chi connectivity index (χ0) is 14.5. The summed E-state index contributed by atoms with van der Waals surface area (Å²) in [5.74, 6) is 0. The van der Waals surface area contributed by atoms with Crippen molar-refractivity contribution in [2.24, 2.45) is 0 Å². The molecule has 3 atom stereocenters. The van der Waals surface area contributed by atoms with Crippen LogP contribution in [0.25, 0.3) is 0 Å². The molecule has 0 amide bonds. The Balaban J connectivity index is 1.85. The average molecular weight is 317 g/mol. The molecule has 2 aliphatic heterocycles. The van der Waals surface area contributed by atoms with E-state index in [-0.39, 0.29) is 28.8 Å². The number of benzene rings is 1. The smallest absolute Gasteiger partial charge is 0.240 e. The van der Waals surface area contributed by atoms with Crippen molar-refractivity contribution in [3.8, 4) is 0 Å². The normalized spacial score (nSPS) is 29.0. The Labute approximate surface area is 123 Å². The van der Waals surface area contributed by atoms with Gasteiger partial charge in [0.2, 0.25) is 10.0 Å². The number of ether oxygens (including phenoxy) is 1. The van der Waals surface area contributed by atoms with Crippen molar-refractivity contribution in [2.75, 3.05) is 5.73 Å². The predicted octanol–water partition coefficient (Wildman–Crippen LogP) is 1.83. The van der Waals surface area contributed by atoms with Gasteiger partial charge in [0.1, 0.15) is 0 Å². The van der Waals surface area contributed by atoms with Gasteiger partial charge in [0.05, 0.1) is 33.9 Å². The van der Waals surface area contributed by atoms with Crippen molar-refractivity contribution < 1.29 is 13.2 Å². The lowest BCUT2D eigenvalue weighted by atomic mass is 9.96. The first-order chi connectivity index (χ1) is 9.37. The highest BCUT2D eigenvalue weighted by Crippen LogP contribution is 2.35. The van der Waals surface area contributed by atoms with E-state index in [2.05, 4.69) is 4.72 Å². The first-order valence-electron chi connectivity index (χ1n) is 6.60. The Bertz CT molecular complexity index is 624. The van der Waals surface area contributed by atoms with E-state index in [4.69, 9.17) is 22.1 Å².